The summed E-state index contributed by atoms with van der Waals surface area (Å²) in [5.74, 6) is -6.60. The number of allylic oxidation sites excluding steroid dienone is 4. The Hall–Kier alpha value is -7.74. The van der Waals surface area contributed by atoms with Crippen molar-refractivity contribution in [2.24, 2.45) is 23.5 Å². The highest BCUT2D eigenvalue weighted by Crippen LogP contribution is 2.41. The summed E-state index contributed by atoms with van der Waals surface area (Å²) in [6.45, 7) is 17.1. The van der Waals surface area contributed by atoms with Crippen molar-refractivity contribution in [1.82, 2.24) is 26.2 Å². The minimum Gasteiger partial charge on any atom is -0.497 e. The molecule has 4 bridgehead atoms. The summed E-state index contributed by atoms with van der Waals surface area (Å²) in [4.78, 5) is 125. The van der Waals surface area contributed by atoms with E-state index in [0.29, 0.717) is 31.2 Å². The van der Waals surface area contributed by atoms with E-state index in [4.69, 9.17) is 45.8 Å². The van der Waals surface area contributed by atoms with Crippen molar-refractivity contribution in [2.75, 3.05) is 52.2 Å². The van der Waals surface area contributed by atoms with Crippen LogP contribution in [-0.2, 0) is 54.1 Å². The highest BCUT2D eigenvalue weighted by Gasteiger charge is 2.51. The number of primary amides is 1. The molecule has 8 amide bonds. The Kier molecular flexibility index (Phi) is 29.5. The molecule has 0 spiro atoms. The second-order valence-corrected chi connectivity index (χ2v) is 24.8. The first kappa shape index (κ1) is 76.7. The van der Waals surface area contributed by atoms with Gasteiger partial charge in [0.2, 0.25) is 23.6 Å². The number of nitrogens with zero attached hydrogens (tertiary/aromatic N) is 2. The van der Waals surface area contributed by atoms with E-state index < -0.39 is 120 Å². The van der Waals surface area contributed by atoms with Crippen molar-refractivity contribution in [3.63, 3.8) is 0 Å². The van der Waals surface area contributed by atoms with Crippen molar-refractivity contribution in [1.29, 1.82) is 0 Å². The summed E-state index contributed by atoms with van der Waals surface area (Å²) in [6.07, 6.45) is 3.90. The average molecular weight is 1310 g/mol. The number of hydrogen-bond acceptors (Lipinski definition) is 17. The second-order valence-electron chi connectivity index (χ2n) is 24.4. The number of unbranched alkanes of at least 4 members (excludes halogenated alkanes) is 1. The molecule has 0 aromatic heterocycles. The number of esters is 2. The molecule has 26 heteroatoms. The summed E-state index contributed by atoms with van der Waals surface area (Å²) in [5, 5.41) is 38.1. The van der Waals surface area contributed by atoms with Gasteiger partial charge in [0.25, 0.3) is 5.91 Å². The number of amides is 8. The summed E-state index contributed by atoms with van der Waals surface area (Å²) in [7, 11) is 6.92. The van der Waals surface area contributed by atoms with Crippen LogP contribution in [0.5, 0.6) is 11.5 Å². The van der Waals surface area contributed by atoms with Crippen molar-refractivity contribution in [3.05, 3.63) is 81.9 Å². The van der Waals surface area contributed by atoms with Gasteiger partial charge in [0.05, 0.1) is 50.1 Å². The number of aliphatic hydroxyl groups is 2. The SMILES string of the molecule is CC/C(C)=C/CC(=O)OC(C)CCCCC(=O)N[C@H](C(=O)N[C@@H](CCCNC(N)=O)C(=O)Nc1cc(OC)ccc1C(=O)N(C)[C@@H](C)C(=O)O[C@H]1CC(=O)N(C)c2cc(cc(OC)c2Cl)C/C(C)=C/C=C/[C@@H](OC)[C@@]2(O)C[C@H](OC(=O)N2)[C@@H](C)[C@H](C)[C@@]1(C)O)C(C)C. The lowest BCUT2D eigenvalue weighted by atomic mass is 9.73. The Morgan fingerprint density at radius 2 is 1.66 bits per heavy atom. The number of fused-ring (bicyclic) bond motifs is 4. The van der Waals surface area contributed by atoms with Gasteiger partial charge >= 0.3 is 24.1 Å². The fraction of sp³-hybridized carbons (Fsp3) is 0.591. The van der Waals surface area contributed by atoms with Crippen molar-refractivity contribution < 1.29 is 81.8 Å². The summed E-state index contributed by atoms with van der Waals surface area (Å²) in [6, 6.07) is 2.87. The standard InChI is InChI=1S/C66H97ClN8O17/c1-16-38(4)26-29-56(78)90-40(6)22-17-18-25-54(76)72-58(37(2)3)60(80)70-47(23-20-30-69-63(68)83)59(79)71-48-34-45(87-13)27-28-46(48)61(81)74(11)43(9)62(82)92-53-35-55(77)75(12)49-32-44(33-50(88-14)57(49)67)31-39(5)21-19-24-52(89-15)66(86)36-51(91-64(84)73-66)41(7)42(8)65(53,10)85/h19,21,24,26-28,32-34,37,40-43,47,51-53,58,85-86H,16-18,20,22-23,25,29-31,35-36H2,1-15H3,(H,70,80)(H,71,79)(H,72,76)(H,73,84)(H3,68,69,83)/b24-19+,38-26+,39-21+/t40?,41-,42-,43-,47-,51-,52+,53-,58-,65+,66-/m0/s1. The van der Waals surface area contributed by atoms with Crippen LogP contribution in [-0.4, -0.2) is 165 Å². The molecule has 0 aliphatic carbocycles. The number of carbonyl (C=O) groups is 9. The minimum atomic E-state index is -2.13. The highest BCUT2D eigenvalue weighted by atomic mass is 35.5. The Morgan fingerprint density at radius 1 is 0.967 bits per heavy atom. The number of nitrogens with two attached hydrogens (primary N) is 1. The Bertz CT molecular complexity index is 3040. The summed E-state index contributed by atoms with van der Waals surface area (Å²) >= 11 is 6.87. The van der Waals surface area contributed by atoms with Crippen LogP contribution >= 0.6 is 11.6 Å². The first-order valence-electron chi connectivity index (χ1n) is 31.1. The highest BCUT2D eigenvalue weighted by molar-refractivity contribution is 6.35. The molecule has 510 valence electrons. The lowest BCUT2D eigenvalue weighted by Gasteiger charge is -2.46. The molecule has 2 aliphatic rings. The number of ether oxygens (including phenoxy) is 6. The van der Waals surface area contributed by atoms with E-state index in [9.17, 15) is 53.4 Å². The van der Waals surface area contributed by atoms with Crippen molar-refractivity contribution in [3.8, 4) is 11.5 Å². The predicted octanol–water partition coefficient (Wildman–Crippen LogP) is 7.32. The van der Waals surface area contributed by atoms with E-state index in [2.05, 4.69) is 26.6 Å². The number of nitrogens with one attached hydrogen (secondary N) is 5. The van der Waals surface area contributed by atoms with Crippen LogP contribution in [0.15, 0.2) is 65.8 Å². The smallest absolute Gasteiger partial charge is 0.409 e. The number of carbonyl (C=O) groups excluding carboxylic acids is 9. The zero-order valence-corrected chi connectivity index (χ0v) is 56.6. The van der Waals surface area contributed by atoms with E-state index in [1.54, 1.807) is 65.0 Å². The van der Waals surface area contributed by atoms with Crippen LogP contribution in [0.2, 0.25) is 5.02 Å². The lowest BCUT2D eigenvalue weighted by molar-refractivity contribution is -0.185. The molecule has 1 saturated heterocycles. The van der Waals surface area contributed by atoms with Gasteiger partial charge in [0.15, 0.2) is 5.72 Å². The molecule has 25 nitrogen and oxygen atoms in total. The van der Waals surface area contributed by atoms with Crippen LogP contribution in [0.3, 0.4) is 0 Å². The van der Waals surface area contributed by atoms with Gasteiger partial charge in [-0.25, -0.2) is 14.4 Å². The molecule has 2 heterocycles. The van der Waals surface area contributed by atoms with Crippen LogP contribution in [0.25, 0.3) is 0 Å². The van der Waals surface area contributed by atoms with E-state index in [-0.39, 0.29) is 84.2 Å². The zero-order chi connectivity index (χ0) is 68.9. The molecule has 11 atom stereocenters. The first-order valence-corrected chi connectivity index (χ1v) is 31.5. The molecule has 1 unspecified atom stereocenters. The quantitative estimate of drug-likeness (QED) is 0.0198. The normalized spacial score (nSPS) is 23.6. The number of likely N-dealkylation sites (N-methyl/N-ethyl adjacent to an activating group) is 1. The van der Waals surface area contributed by atoms with Crippen molar-refractivity contribution in [2.45, 2.75) is 194 Å². The van der Waals surface area contributed by atoms with Gasteiger partial charge in [0, 0.05) is 46.7 Å². The van der Waals surface area contributed by atoms with Crippen LogP contribution < -0.4 is 46.7 Å². The van der Waals surface area contributed by atoms with E-state index in [0.717, 1.165) is 22.5 Å². The monoisotopic (exact) mass is 1310 g/mol. The largest absolute Gasteiger partial charge is 0.497 e. The first-order chi connectivity index (χ1) is 43.2. The van der Waals surface area contributed by atoms with E-state index in [1.165, 1.54) is 72.4 Å². The Morgan fingerprint density at radius 3 is 2.29 bits per heavy atom. The van der Waals surface area contributed by atoms with Crippen LogP contribution in [0.1, 0.15) is 149 Å². The van der Waals surface area contributed by atoms with Crippen molar-refractivity contribution >= 4 is 76.6 Å². The molecule has 2 aromatic carbocycles. The molecule has 0 radical (unpaired) electrons. The van der Waals surface area contributed by atoms with Gasteiger partial charge in [-0.3, -0.25) is 34.1 Å². The molecule has 4 rings (SSSR count). The average Bonchev–Trinajstić information content (AvgIpc) is 0.856. The van der Waals surface area contributed by atoms with Gasteiger partial charge < -0.3 is 75.4 Å². The number of benzene rings is 2. The number of alkyl carbamates (subject to hydrolysis) is 1. The molecule has 1 fully saturated rings. The van der Waals surface area contributed by atoms with Crippen LogP contribution in [0.4, 0.5) is 21.0 Å². The number of rotatable bonds is 26. The molecular formula is C66H97ClN8O17. The molecule has 2 aliphatic heterocycles. The number of methoxy groups -OCH3 is 3. The molecule has 92 heavy (non-hydrogen) atoms. The number of urea groups is 1. The molecular weight excluding hydrogens is 1210 g/mol. The number of halogens is 1. The molecule has 0 saturated carbocycles. The summed E-state index contributed by atoms with van der Waals surface area (Å²) in [5.41, 5.74) is 3.78. The Labute approximate surface area is 545 Å². The maximum Gasteiger partial charge on any atom is 0.409 e. The number of anilines is 2. The minimum absolute atomic E-state index is 0.0218. The topological polar surface area (TPSA) is 342 Å². The maximum absolute atomic E-state index is 14.8. The van der Waals surface area contributed by atoms with E-state index >= 15 is 0 Å². The van der Waals surface area contributed by atoms with Gasteiger partial charge in [-0.1, -0.05) is 81.7 Å². The predicted molar refractivity (Wildman–Crippen MR) is 347 cm³/mol. The Balaban J connectivity index is 1.64. The molecule has 2 aromatic rings. The van der Waals surface area contributed by atoms with E-state index in [1.807, 2.05) is 26.8 Å². The third-order valence-electron chi connectivity index (χ3n) is 17.2. The number of hydrogen-bond donors (Lipinski definition) is 8. The third-order valence-corrected chi connectivity index (χ3v) is 17.5. The fourth-order valence-corrected chi connectivity index (χ4v) is 11.0. The van der Waals surface area contributed by atoms with Gasteiger partial charge in [0.1, 0.15) is 58.6 Å². The maximum atomic E-state index is 14.8. The summed E-state index contributed by atoms with van der Waals surface area (Å²) < 4.78 is 34.2. The lowest BCUT2D eigenvalue weighted by Crippen LogP contribution is -2.64. The van der Waals surface area contributed by atoms with Gasteiger partial charge in [-0.15, -0.1) is 0 Å². The van der Waals surface area contributed by atoms with Gasteiger partial charge in [-0.2, -0.15) is 0 Å². The molecule has 9 N–H and O–H groups in total. The third kappa shape index (κ3) is 21.7. The zero-order valence-electron chi connectivity index (χ0n) is 55.8. The van der Waals surface area contributed by atoms with Crippen LogP contribution in [0, 0.1) is 17.8 Å². The fourth-order valence-electron chi connectivity index (χ4n) is 10.6. The van der Waals surface area contributed by atoms with Gasteiger partial charge in [-0.05, 0) is 127 Å². The second kappa shape index (κ2) is 35.3.